The lowest BCUT2D eigenvalue weighted by molar-refractivity contribution is -0.141. The molecule has 1 aromatic carbocycles. The van der Waals surface area contributed by atoms with Gasteiger partial charge in [0.2, 0.25) is 0 Å². The zero-order valence-corrected chi connectivity index (χ0v) is 11.4. The van der Waals surface area contributed by atoms with Crippen LogP contribution in [-0.2, 0) is 10.2 Å². The monoisotopic (exact) mass is 263 g/mol. The van der Waals surface area contributed by atoms with E-state index in [-0.39, 0.29) is 24.0 Å². The summed E-state index contributed by atoms with van der Waals surface area (Å²) in [5.41, 5.74) is 1.96. The SMILES string of the molecule is CC(C)(CO)c1ccc(C2CC(C(=O)O)CN2)cc1. The summed E-state index contributed by atoms with van der Waals surface area (Å²) in [5.74, 6) is -1.02. The number of carboxylic acid groups (broad SMARTS) is 1. The van der Waals surface area contributed by atoms with Crippen LogP contribution in [0.15, 0.2) is 24.3 Å². The molecule has 0 bridgehead atoms. The fraction of sp³-hybridized carbons (Fsp3) is 0.533. The van der Waals surface area contributed by atoms with Gasteiger partial charge in [0.05, 0.1) is 12.5 Å². The fourth-order valence-electron chi connectivity index (χ4n) is 2.44. The molecule has 0 aromatic heterocycles. The van der Waals surface area contributed by atoms with E-state index in [0.717, 1.165) is 11.1 Å². The number of carbonyl (C=O) groups is 1. The second-order valence-electron chi connectivity index (χ2n) is 5.90. The Hall–Kier alpha value is -1.39. The third-order valence-electron chi connectivity index (χ3n) is 3.97. The molecule has 4 nitrogen and oxygen atoms in total. The molecular weight excluding hydrogens is 242 g/mol. The Balaban J connectivity index is 2.10. The summed E-state index contributed by atoms with van der Waals surface area (Å²) in [7, 11) is 0. The average Bonchev–Trinajstić information content (AvgIpc) is 2.88. The minimum atomic E-state index is -0.729. The van der Waals surface area contributed by atoms with Crippen molar-refractivity contribution in [2.75, 3.05) is 13.2 Å². The molecule has 0 radical (unpaired) electrons. The number of carboxylic acids is 1. The van der Waals surface area contributed by atoms with Crippen LogP contribution in [0, 0.1) is 5.92 Å². The van der Waals surface area contributed by atoms with E-state index in [0.29, 0.717) is 13.0 Å². The number of hydrogen-bond donors (Lipinski definition) is 3. The van der Waals surface area contributed by atoms with Gasteiger partial charge in [0.1, 0.15) is 0 Å². The Morgan fingerprint density at radius 3 is 2.47 bits per heavy atom. The number of aliphatic hydroxyl groups is 1. The molecule has 1 aliphatic rings. The molecule has 3 N–H and O–H groups in total. The van der Waals surface area contributed by atoms with Gasteiger partial charge in [-0.05, 0) is 17.5 Å². The van der Waals surface area contributed by atoms with Crippen molar-refractivity contribution in [1.82, 2.24) is 5.32 Å². The van der Waals surface area contributed by atoms with Crippen LogP contribution < -0.4 is 5.32 Å². The van der Waals surface area contributed by atoms with Crippen molar-refractivity contribution in [2.45, 2.75) is 31.7 Å². The molecule has 0 amide bonds. The summed E-state index contributed by atoms with van der Waals surface area (Å²) in [4.78, 5) is 10.9. The number of aliphatic hydroxyl groups excluding tert-OH is 1. The smallest absolute Gasteiger partial charge is 0.307 e. The van der Waals surface area contributed by atoms with E-state index in [1.807, 2.05) is 38.1 Å². The van der Waals surface area contributed by atoms with Crippen LogP contribution in [-0.4, -0.2) is 29.3 Å². The van der Waals surface area contributed by atoms with Gasteiger partial charge in [0.25, 0.3) is 0 Å². The molecule has 1 fully saturated rings. The molecule has 1 aromatic rings. The largest absolute Gasteiger partial charge is 0.481 e. The van der Waals surface area contributed by atoms with Crippen molar-refractivity contribution in [1.29, 1.82) is 0 Å². The first-order chi connectivity index (χ1) is 8.94. The van der Waals surface area contributed by atoms with Gasteiger partial charge in [-0.1, -0.05) is 38.1 Å². The van der Waals surface area contributed by atoms with Crippen molar-refractivity contribution in [3.63, 3.8) is 0 Å². The molecule has 2 unspecified atom stereocenters. The molecule has 104 valence electrons. The number of hydrogen-bond acceptors (Lipinski definition) is 3. The summed E-state index contributed by atoms with van der Waals surface area (Å²) < 4.78 is 0. The molecule has 2 rings (SSSR count). The molecular formula is C15H21NO3. The molecule has 4 heteroatoms. The summed E-state index contributed by atoms with van der Waals surface area (Å²) in [5, 5.41) is 21.6. The van der Waals surface area contributed by atoms with Gasteiger partial charge in [0, 0.05) is 18.0 Å². The van der Waals surface area contributed by atoms with Gasteiger partial charge >= 0.3 is 5.97 Å². The summed E-state index contributed by atoms with van der Waals surface area (Å²) in [6.45, 7) is 4.63. The molecule has 0 aliphatic carbocycles. The Morgan fingerprint density at radius 1 is 1.37 bits per heavy atom. The minimum absolute atomic E-state index is 0.106. The highest BCUT2D eigenvalue weighted by Gasteiger charge is 2.30. The first-order valence-corrected chi connectivity index (χ1v) is 6.61. The summed E-state index contributed by atoms with van der Waals surface area (Å²) >= 11 is 0. The third kappa shape index (κ3) is 2.96. The van der Waals surface area contributed by atoms with Crippen LogP contribution in [0.1, 0.15) is 37.4 Å². The number of benzene rings is 1. The maximum Gasteiger partial charge on any atom is 0.307 e. The fourth-order valence-corrected chi connectivity index (χ4v) is 2.44. The van der Waals surface area contributed by atoms with Crippen LogP contribution in [0.5, 0.6) is 0 Å². The normalized spacial score (nSPS) is 23.5. The Bertz CT molecular complexity index is 453. The zero-order valence-electron chi connectivity index (χ0n) is 11.4. The second kappa shape index (κ2) is 5.31. The second-order valence-corrected chi connectivity index (χ2v) is 5.90. The van der Waals surface area contributed by atoms with E-state index in [2.05, 4.69) is 5.32 Å². The van der Waals surface area contributed by atoms with E-state index < -0.39 is 5.97 Å². The molecule has 19 heavy (non-hydrogen) atoms. The van der Waals surface area contributed by atoms with E-state index in [1.54, 1.807) is 0 Å². The lowest BCUT2D eigenvalue weighted by atomic mass is 9.84. The summed E-state index contributed by atoms with van der Waals surface area (Å²) in [6, 6.07) is 8.19. The summed E-state index contributed by atoms with van der Waals surface area (Å²) in [6.07, 6.45) is 0.637. The topological polar surface area (TPSA) is 69.6 Å². The van der Waals surface area contributed by atoms with Crippen molar-refractivity contribution in [3.8, 4) is 0 Å². The number of nitrogens with one attached hydrogen (secondary N) is 1. The number of aliphatic carboxylic acids is 1. The molecule has 0 saturated carbocycles. The van der Waals surface area contributed by atoms with E-state index >= 15 is 0 Å². The van der Waals surface area contributed by atoms with E-state index in [1.165, 1.54) is 0 Å². The van der Waals surface area contributed by atoms with Crippen LogP contribution in [0.4, 0.5) is 0 Å². The molecule has 0 spiro atoms. The van der Waals surface area contributed by atoms with Gasteiger partial charge in [-0.3, -0.25) is 4.79 Å². The van der Waals surface area contributed by atoms with Crippen LogP contribution >= 0.6 is 0 Å². The zero-order chi connectivity index (χ0) is 14.0. The van der Waals surface area contributed by atoms with Gasteiger partial charge in [-0.25, -0.2) is 0 Å². The highest BCUT2D eigenvalue weighted by molar-refractivity contribution is 5.70. The average molecular weight is 263 g/mol. The van der Waals surface area contributed by atoms with E-state index in [9.17, 15) is 9.90 Å². The van der Waals surface area contributed by atoms with Crippen molar-refractivity contribution < 1.29 is 15.0 Å². The van der Waals surface area contributed by atoms with Crippen LogP contribution in [0.3, 0.4) is 0 Å². The maximum absolute atomic E-state index is 10.9. The highest BCUT2D eigenvalue weighted by Crippen LogP contribution is 2.29. The van der Waals surface area contributed by atoms with Crippen molar-refractivity contribution >= 4 is 5.97 Å². The molecule has 1 heterocycles. The van der Waals surface area contributed by atoms with Crippen molar-refractivity contribution in [3.05, 3.63) is 35.4 Å². The predicted octanol–water partition coefficient (Wildman–Crippen LogP) is 1.69. The number of rotatable bonds is 4. The standard InChI is InChI=1S/C15H21NO3/c1-15(2,9-17)12-5-3-10(4-6-12)13-7-11(8-16-13)14(18)19/h3-6,11,13,16-17H,7-9H2,1-2H3,(H,18,19). The van der Waals surface area contributed by atoms with E-state index in [4.69, 9.17) is 5.11 Å². The van der Waals surface area contributed by atoms with Gasteiger partial charge in [-0.2, -0.15) is 0 Å². The van der Waals surface area contributed by atoms with Crippen LogP contribution in [0.2, 0.25) is 0 Å². The third-order valence-corrected chi connectivity index (χ3v) is 3.97. The van der Waals surface area contributed by atoms with Crippen LogP contribution in [0.25, 0.3) is 0 Å². The van der Waals surface area contributed by atoms with Crippen molar-refractivity contribution in [2.24, 2.45) is 5.92 Å². The van der Waals surface area contributed by atoms with Gasteiger partial charge in [0.15, 0.2) is 0 Å². The quantitative estimate of drug-likeness (QED) is 0.773. The molecule has 1 saturated heterocycles. The highest BCUT2D eigenvalue weighted by atomic mass is 16.4. The predicted molar refractivity (Wildman–Crippen MR) is 73.0 cm³/mol. The van der Waals surface area contributed by atoms with Gasteiger partial charge in [-0.15, -0.1) is 0 Å². The first-order valence-electron chi connectivity index (χ1n) is 6.61. The lowest BCUT2D eigenvalue weighted by Crippen LogP contribution is -2.22. The molecule has 2 atom stereocenters. The molecule has 1 aliphatic heterocycles. The lowest BCUT2D eigenvalue weighted by Gasteiger charge is -2.23. The Morgan fingerprint density at radius 2 is 2.00 bits per heavy atom. The Labute approximate surface area is 113 Å². The maximum atomic E-state index is 10.9. The van der Waals surface area contributed by atoms with Gasteiger partial charge < -0.3 is 15.5 Å². The Kier molecular flexibility index (Phi) is 3.92. The first kappa shape index (κ1) is 14.0. The minimum Gasteiger partial charge on any atom is -0.481 e.